The largest absolute Gasteiger partial charge is 0.444 e. The van der Waals surface area contributed by atoms with E-state index in [0.29, 0.717) is 42.1 Å². The van der Waals surface area contributed by atoms with Crippen LogP contribution in [0.5, 0.6) is 0 Å². The first-order valence-corrected chi connectivity index (χ1v) is 19.3. The Morgan fingerprint density at radius 1 is 0.846 bits per heavy atom. The van der Waals surface area contributed by atoms with Gasteiger partial charge in [-0.1, -0.05) is 66.2 Å². The van der Waals surface area contributed by atoms with Gasteiger partial charge >= 0.3 is 6.09 Å². The second kappa shape index (κ2) is 15.6. The molecule has 0 saturated carbocycles. The number of carbonyl (C=O) groups excluding carboxylic acids is 3. The van der Waals surface area contributed by atoms with Crippen molar-refractivity contribution >= 4 is 29.5 Å². The lowest BCUT2D eigenvalue weighted by Gasteiger charge is -2.40. The molecule has 3 unspecified atom stereocenters. The summed E-state index contributed by atoms with van der Waals surface area (Å²) in [6.45, 7) is 10.5. The van der Waals surface area contributed by atoms with Gasteiger partial charge in [-0.25, -0.2) is 4.79 Å². The number of carbonyl (C=O) groups is 3. The van der Waals surface area contributed by atoms with Crippen LogP contribution in [0.2, 0.25) is 5.02 Å². The van der Waals surface area contributed by atoms with Crippen LogP contribution in [-0.4, -0.2) is 89.7 Å². The third-order valence-electron chi connectivity index (χ3n) is 11.2. The lowest BCUT2D eigenvalue weighted by Crippen LogP contribution is -2.55. The van der Waals surface area contributed by atoms with Crippen LogP contribution in [0.25, 0.3) is 0 Å². The quantitative estimate of drug-likeness (QED) is 0.314. The van der Waals surface area contributed by atoms with E-state index in [-0.39, 0.29) is 12.5 Å². The maximum Gasteiger partial charge on any atom is 0.411 e. The molecule has 1 N–H and O–H groups in total. The first-order valence-electron chi connectivity index (χ1n) is 18.9. The Balaban J connectivity index is 1.08. The summed E-state index contributed by atoms with van der Waals surface area (Å²) in [7, 11) is 0. The average Bonchev–Trinajstić information content (AvgIpc) is 3.16. The molecule has 4 aliphatic rings. The minimum absolute atomic E-state index is 0.156. The number of nitrogens with one attached hydrogen (secondary N) is 1. The van der Waals surface area contributed by atoms with Gasteiger partial charge in [0.15, 0.2) is 0 Å². The van der Waals surface area contributed by atoms with Crippen LogP contribution in [0, 0.1) is 0 Å². The zero-order valence-corrected chi connectivity index (χ0v) is 31.4. The van der Waals surface area contributed by atoms with Crippen LogP contribution in [-0.2, 0) is 44.9 Å². The summed E-state index contributed by atoms with van der Waals surface area (Å²) in [5.74, 6) is -0.179. The molecule has 0 radical (unpaired) electrons. The molecular formula is C42H51ClN4O5. The topological polar surface area (TPSA) is 91.4 Å². The highest BCUT2D eigenvalue weighted by Gasteiger charge is 2.40. The molecule has 0 bridgehead atoms. The van der Waals surface area contributed by atoms with E-state index in [2.05, 4.69) is 28.4 Å². The van der Waals surface area contributed by atoms with Crippen molar-refractivity contribution in [2.75, 3.05) is 39.4 Å². The van der Waals surface area contributed by atoms with E-state index in [1.165, 1.54) is 28.0 Å². The molecule has 10 heteroatoms. The van der Waals surface area contributed by atoms with Crippen LogP contribution in [0.4, 0.5) is 4.79 Å². The Kier molecular flexibility index (Phi) is 10.9. The summed E-state index contributed by atoms with van der Waals surface area (Å²) in [4.78, 5) is 48.2. The van der Waals surface area contributed by atoms with Crippen molar-refractivity contribution in [1.29, 1.82) is 0 Å². The molecule has 3 amide bonds. The fourth-order valence-electron chi connectivity index (χ4n) is 8.48. The number of aryl methyl sites for hydroxylation is 1. The van der Waals surface area contributed by atoms with E-state index in [0.717, 1.165) is 63.1 Å². The monoisotopic (exact) mass is 726 g/mol. The van der Waals surface area contributed by atoms with Crippen LogP contribution in [0.15, 0.2) is 66.7 Å². The number of likely N-dealkylation sites (tertiary alicyclic amines) is 1. The summed E-state index contributed by atoms with van der Waals surface area (Å²) >= 11 is 6.26. The number of amides is 3. The lowest BCUT2D eigenvalue weighted by molar-refractivity contribution is -0.139. The van der Waals surface area contributed by atoms with Crippen molar-refractivity contribution in [3.63, 3.8) is 0 Å². The molecule has 52 heavy (non-hydrogen) atoms. The number of halogens is 1. The van der Waals surface area contributed by atoms with Crippen molar-refractivity contribution in [1.82, 2.24) is 20.0 Å². The van der Waals surface area contributed by atoms with Crippen molar-refractivity contribution in [2.45, 2.75) is 95.5 Å². The highest BCUT2D eigenvalue weighted by Crippen LogP contribution is 2.37. The number of piperidine rings is 1. The molecule has 3 aromatic rings. The summed E-state index contributed by atoms with van der Waals surface area (Å²) < 4.78 is 11.4. The van der Waals surface area contributed by atoms with Crippen molar-refractivity contribution < 1.29 is 23.9 Å². The molecule has 0 spiro atoms. The van der Waals surface area contributed by atoms with E-state index in [9.17, 15) is 14.4 Å². The minimum Gasteiger partial charge on any atom is -0.444 e. The Bertz CT molecular complexity index is 1760. The number of morpholine rings is 1. The number of fused-ring (bicyclic) bond motifs is 2. The van der Waals surface area contributed by atoms with Gasteiger partial charge in [-0.15, -0.1) is 0 Å². The van der Waals surface area contributed by atoms with E-state index >= 15 is 0 Å². The molecule has 7 rings (SSSR count). The number of benzene rings is 3. The SMILES string of the molecule is CC(C)(C)OC(=O)N1Cc2ccccc2CC1C(=O)NC(C(=O)N1CCC(c2cccc3c2CC(N2CCOCC2)CC3)CC1)c1ccc(Cl)cc1. The van der Waals surface area contributed by atoms with E-state index < -0.39 is 29.7 Å². The smallest absolute Gasteiger partial charge is 0.411 e. The molecule has 0 aromatic heterocycles. The molecule has 1 aliphatic carbocycles. The van der Waals surface area contributed by atoms with Crippen molar-refractivity contribution in [2.24, 2.45) is 0 Å². The van der Waals surface area contributed by atoms with Gasteiger partial charge in [-0.3, -0.25) is 19.4 Å². The van der Waals surface area contributed by atoms with E-state index in [1.54, 1.807) is 24.3 Å². The average molecular weight is 727 g/mol. The predicted molar refractivity (Wildman–Crippen MR) is 201 cm³/mol. The highest BCUT2D eigenvalue weighted by molar-refractivity contribution is 6.30. The summed E-state index contributed by atoms with van der Waals surface area (Å²) in [5, 5.41) is 3.63. The Morgan fingerprint density at radius 2 is 1.54 bits per heavy atom. The zero-order chi connectivity index (χ0) is 36.4. The fraction of sp³-hybridized carbons (Fsp3) is 0.500. The van der Waals surface area contributed by atoms with E-state index in [1.807, 2.05) is 49.9 Å². The molecule has 2 fully saturated rings. The van der Waals surface area contributed by atoms with Crippen molar-refractivity contribution in [3.05, 3.63) is 105 Å². The van der Waals surface area contributed by atoms with Gasteiger partial charge < -0.3 is 19.7 Å². The zero-order valence-electron chi connectivity index (χ0n) is 30.6. The maximum atomic E-state index is 14.5. The molecular weight excluding hydrogens is 676 g/mol. The molecule has 9 nitrogen and oxygen atoms in total. The molecule has 2 saturated heterocycles. The third-order valence-corrected chi connectivity index (χ3v) is 11.5. The van der Waals surface area contributed by atoms with Crippen molar-refractivity contribution in [3.8, 4) is 0 Å². The molecule has 3 aromatic carbocycles. The number of rotatable bonds is 6. The molecule has 3 atom stereocenters. The van der Waals surface area contributed by atoms with Crippen LogP contribution >= 0.6 is 11.6 Å². The highest BCUT2D eigenvalue weighted by atomic mass is 35.5. The second-order valence-electron chi connectivity index (χ2n) is 15.7. The lowest BCUT2D eigenvalue weighted by atomic mass is 9.78. The van der Waals surface area contributed by atoms with Gasteiger partial charge in [0.25, 0.3) is 0 Å². The maximum absolute atomic E-state index is 14.5. The standard InChI is InChI=1S/C42H51ClN4O5/c1-42(2,3)52-41(50)47-27-32-8-5-4-7-31(32)25-37(47)39(48)44-38(30-11-14-33(43)15-12-30)40(49)46-19-17-29(18-20-46)35-10-6-9-28-13-16-34(26-36(28)35)45-21-23-51-24-22-45/h4-12,14-15,29,34,37-38H,13,16-27H2,1-3H3,(H,44,48). The Labute approximate surface area is 312 Å². The fourth-order valence-corrected chi connectivity index (χ4v) is 8.60. The second-order valence-corrected chi connectivity index (χ2v) is 16.2. The van der Waals surface area contributed by atoms with Crippen LogP contribution in [0.3, 0.4) is 0 Å². The summed E-state index contributed by atoms with van der Waals surface area (Å²) in [5.41, 5.74) is 6.30. The third kappa shape index (κ3) is 8.17. The number of hydrogen-bond acceptors (Lipinski definition) is 6. The molecule has 3 heterocycles. The van der Waals surface area contributed by atoms with Gasteiger partial charge in [0.1, 0.15) is 17.7 Å². The number of ether oxygens (including phenoxy) is 2. The van der Waals surface area contributed by atoms with Gasteiger partial charge in [0, 0.05) is 43.7 Å². The first-order chi connectivity index (χ1) is 25.0. The predicted octanol–water partition coefficient (Wildman–Crippen LogP) is 6.46. The number of hydrogen-bond donors (Lipinski definition) is 1. The van der Waals surface area contributed by atoms with Crippen LogP contribution < -0.4 is 5.32 Å². The van der Waals surface area contributed by atoms with Gasteiger partial charge in [0.2, 0.25) is 11.8 Å². The normalized spacial score (nSPS) is 21.8. The summed E-state index contributed by atoms with van der Waals surface area (Å²) in [6.07, 6.45) is 4.84. The molecule has 276 valence electrons. The van der Waals surface area contributed by atoms with Gasteiger partial charge in [-0.05, 0) is 104 Å². The summed E-state index contributed by atoms with van der Waals surface area (Å²) in [6, 6.07) is 20.5. The Morgan fingerprint density at radius 3 is 2.25 bits per heavy atom. The number of nitrogens with zero attached hydrogens (tertiary/aromatic N) is 3. The van der Waals surface area contributed by atoms with E-state index in [4.69, 9.17) is 21.1 Å². The van der Waals surface area contributed by atoms with Crippen LogP contribution in [0.1, 0.15) is 85.4 Å². The minimum atomic E-state index is -0.933. The van der Waals surface area contributed by atoms with Gasteiger partial charge in [0.05, 0.1) is 19.8 Å². The first kappa shape index (κ1) is 36.4. The Hall–Kier alpha value is -3.92. The van der Waals surface area contributed by atoms with Gasteiger partial charge in [-0.2, -0.15) is 0 Å². The molecule has 3 aliphatic heterocycles.